The summed E-state index contributed by atoms with van der Waals surface area (Å²) >= 11 is 0. The van der Waals surface area contributed by atoms with Gasteiger partial charge in [0.05, 0.1) is 0 Å². The molecule has 76 valence electrons. The monoisotopic (exact) mass is 180 g/mol. The van der Waals surface area contributed by atoms with Gasteiger partial charge in [0, 0.05) is 0 Å². The van der Waals surface area contributed by atoms with Crippen LogP contribution in [0, 0.1) is 0 Å². The maximum Gasteiger partial charge on any atom is -0.0351 e. The highest BCUT2D eigenvalue weighted by Crippen LogP contribution is 2.06. The van der Waals surface area contributed by atoms with Crippen LogP contribution in [0.3, 0.4) is 0 Å². The van der Waals surface area contributed by atoms with Crippen LogP contribution < -0.4 is 0 Å². The first-order valence-electron chi connectivity index (χ1n) is 5.67. The maximum absolute atomic E-state index is 3.72. The zero-order chi connectivity index (χ0) is 9.78. The van der Waals surface area contributed by atoms with Gasteiger partial charge in [-0.25, -0.2) is 0 Å². The molecule has 0 unspecified atom stereocenters. The van der Waals surface area contributed by atoms with Gasteiger partial charge < -0.3 is 0 Å². The highest BCUT2D eigenvalue weighted by Gasteiger charge is 1.86. The van der Waals surface area contributed by atoms with Crippen LogP contribution >= 0.6 is 0 Å². The van der Waals surface area contributed by atoms with Crippen LogP contribution in [0.1, 0.15) is 58.3 Å². The molecule has 0 aliphatic heterocycles. The number of unbranched alkanes of at least 4 members (excludes halogenated alkanes) is 6. The third-order valence-electron chi connectivity index (χ3n) is 2.15. The summed E-state index contributed by atoms with van der Waals surface area (Å²) in [5.74, 6) is 0. The lowest BCUT2D eigenvalue weighted by atomic mass is 10.1. The number of rotatable bonds is 9. The van der Waals surface area contributed by atoms with Gasteiger partial charge in [-0.3, -0.25) is 0 Å². The highest BCUT2D eigenvalue weighted by molar-refractivity contribution is 4.80. The Morgan fingerprint density at radius 2 is 1.46 bits per heavy atom. The van der Waals surface area contributed by atoms with E-state index in [0.717, 1.165) is 0 Å². The molecule has 0 aliphatic carbocycles. The van der Waals surface area contributed by atoms with Gasteiger partial charge in [-0.2, -0.15) is 0 Å². The Hall–Kier alpha value is -0.520. The Labute approximate surface area is 83.7 Å². The summed E-state index contributed by atoms with van der Waals surface area (Å²) in [4.78, 5) is 0. The molecule has 0 amide bonds. The molecule has 0 atom stereocenters. The van der Waals surface area contributed by atoms with Gasteiger partial charge in [0.1, 0.15) is 0 Å². The average molecular weight is 180 g/mol. The van der Waals surface area contributed by atoms with Crippen LogP contribution in [0.5, 0.6) is 0 Å². The van der Waals surface area contributed by atoms with Gasteiger partial charge in [-0.1, -0.05) is 44.4 Å². The SMILES string of the molecule is C=CCCCCCCC=CCCC. The fraction of sp³-hybridized carbons (Fsp3) is 0.692. The lowest BCUT2D eigenvalue weighted by Crippen LogP contribution is -1.76. The van der Waals surface area contributed by atoms with Crippen molar-refractivity contribution >= 4 is 0 Å². The van der Waals surface area contributed by atoms with E-state index in [1.54, 1.807) is 0 Å². The molecule has 0 saturated carbocycles. The van der Waals surface area contributed by atoms with Gasteiger partial charge in [-0.05, 0) is 32.1 Å². The second-order valence-electron chi connectivity index (χ2n) is 3.54. The van der Waals surface area contributed by atoms with Crippen LogP contribution in [0.15, 0.2) is 24.8 Å². The predicted octanol–water partition coefficient (Wildman–Crippen LogP) is 4.87. The number of hydrogen-bond donors (Lipinski definition) is 0. The molecule has 0 heteroatoms. The van der Waals surface area contributed by atoms with E-state index in [1.807, 2.05) is 6.08 Å². The summed E-state index contributed by atoms with van der Waals surface area (Å²) in [6, 6.07) is 0. The van der Waals surface area contributed by atoms with E-state index in [1.165, 1.54) is 51.4 Å². The summed E-state index contributed by atoms with van der Waals surface area (Å²) in [7, 11) is 0. The molecule has 0 spiro atoms. The van der Waals surface area contributed by atoms with Crippen molar-refractivity contribution in [3.63, 3.8) is 0 Å². The average Bonchev–Trinajstić information content (AvgIpc) is 2.16. The van der Waals surface area contributed by atoms with E-state index < -0.39 is 0 Å². The molecule has 0 rings (SSSR count). The zero-order valence-electron chi connectivity index (χ0n) is 9.10. The largest absolute Gasteiger partial charge is 0.103 e. The Morgan fingerprint density at radius 3 is 2.08 bits per heavy atom. The van der Waals surface area contributed by atoms with Crippen molar-refractivity contribution < 1.29 is 0 Å². The Balaban J connectivity index is 2.94. The molecular weight excluding hydrogens is 156 g/mol. The van der Waals surface area contributed by atoms with Gasteiger partial charge in [0.15, 0.2) is 0 Å². The van der Waals surface area contributed by atoms with Crippen LogP contribution in [-0.4, -0.2) is 0 Å². The molecular formula is C13H24. The van der Waals surface area contributed by atoms with Crippen LogP contribution in [-0.2, 0) is 0 Å². The maximum atomic E-state index is 3.72. The fourth-order valence-corrected chi connectivity index (χ4v) is 1.31. The summed E-state index contributed by atoms with van der Waals surface area (Å²) in [5, 5.41) is 0. The first kappa shape index (κ1) is 12.5. The molecule has 0 aromatic heterocycles. The van der Waals surface area contributed by atoms with Gasteiger partial charge in [0.2, 0.25) is 0 Å². The van der Waals surface area contributed by atoms with E-state index >= 15 is 0 Å². The summed E-state index contributed by atoms with van der Waals surface area (Å²) in [5.41, 5.74) is 0. The second kappa shape index (κ2) is 11.5. The molecule has 0 aromatic rings. The van der Waals surface area contributed by atoms with E-state index in [4.69, 9.17) is 0 Å². The minimum atomic E-state index is 1.19. The molecule has 0 N–H and O–H groups in total. The van der Waals surface area contributed by atoms with Crippen molar-refractivity contribution in [3.05, 3.63) is 24.8 Å². The Bertz CT molecular complexity index is 122. The van der Waals surface area contributed by atoms with E-state index in [0.29, 0.717) is 0 Å². The van der Waals surface area contributed by atoms with E-state index in [-0.39, 0.29) is 0 Å². The minimum Gasteiger partial charge on any atom is -0.103 e. The van der Waals surface area contributed by atoms with E-state index in [2.05, 4.69) is 25.7 Å². The summed E-state index contributed by atoms with van der Waals surface area (Å²) < 4.78 is 0. The van der Waals surface area contributed by atoms with Crippen molar-refractivity contribution in [3.8, 4) is 0 Å². The molecule has 0 radical (unpaired) electrons. The van der Waals surface area contributed by atoms with Crippen LogP contribution in [0.4, 0.5) is 0 Å². The van der Waals surface area contributed by atoms with Crippen molar-refractivity contribution in [1.82, 2.24) is 0 Å². The minimum absolute atomic E-state index is 1.19. The van der Waals surface area contributed by atoms with Crippen LogP contribution in [0.2, 0.25) is 0 Å². The smallest absolute Gasteiger partial charge is 0.0351 e. The molecule has 0 aromatic carbocycles. The number of hydrogen-bond acceptors (Lipinski definition) is 0. The highest BCUT2D eigenvalue weighted by atomic mass is 13.9. The lowest BCUT2D eigenvalue weighted by molar-refractivity contribution is 0.652. The predicted molar refractivity (Wildman–Crippen MR) is 61.9 cm³/mol. The standard InChI is InChI=1S/C13H24/c1-3-5-7-9-11-13-12-10-8-6-4-2/h3,8,10H,1,4-7,9,11-13H2,2H3. The molecule has 13 heavy (non-hydrogen) atoms. The van der Waals surface area contributed by atoms with Gasteiger partial charge in [0.25, 0.3) is 0 Å². The van der Waals surface area contributed by atoms with Crippen LogP contribution in [0.25, 0.3) is 0 Å². The van der Waals surface area contributed by atoms with Crippen molar-refractivity contribution in [2.45, 2.75) is 58.3 Å². The number of allylic oxidation sites excluding steroid dienone is 3. The zero-order valence-corrected chi connectivity index (χ0v) is 9.10. The molecule has 0 saturated heterocycles. The Kier molecular flexibility index (Phi) is 11.0. The van der Waals surface area contributed by atoms with E-state index in [9.17, 15) is 0 Å². The van der Waals surface area contributed by atoms with Crippen molar-refractivity contribution in [1.29, 1.82) is 0 Å². The Morgan fingerprint density at radius 1 is 0.846 bits per heavy atom. The molecule has 0 aliphatic rings. The normalized spacial score (nSPS) is 10.8. The van der Waals surface area contributed by atoms with Gasteiger partial charge in [-0.15, -0.1) is 6.58 Å². The van der Waals surface area contributed by atoms with Crippen molar-refractivity contribution in [2.75, 3.05) is 0 Å². The fourth-order valence-electron chi connectivity index (χ4n) is 1.31. The molecule has 0 bridgehead atoms. The summed E-state index contributed by atoms with van der Waals surface area (Å²) in [6.07, 6.45) is 17.1. The van der Waals surface area contributed by atoms with Crippen molar-refractivity contribution in [2.24, 2.45) is 0 Å². The quantitative estimate of drug-likeness (QED) is 0.351. The molecule has 0 fully saturated rings. The van der Waals surface area contributed by atoms with Gasteiger partial charge >= 0.3 is 0 Å². The lowest BCUT2D eigenvalue weighted by Gasteiger charge is -1.96. The first-order valence-corrected chi connectivity index (χ1v) is 5.67. The third-order valence-corrected chi connectivity index (χ3v) is 2.15. The topological polar surface area (TPSA) is 0 Å². The third kappa shape index (κ3) is 11.5. The molecule has 0 nitrogen and oxygen atoms in total. The summed E-state index contributed by atoms with van der Waals surface area (Å²) in [6.45, 7) is 5.94. The second-order valence-corrected chi connectivity index (χ2v) is 3.54. The first-order chi connectivity index (χ1) is 6.41. The molecule has 0 heterocycles.